The van der Waals surface area contributed by atoms with Crippen LogP contribution in [0.1, 0.15) is 15.9 Å². The highest BCUT2D eigenvalue weighted by atomic mass is 16.4. The lowest BCUT2D eigenvalue weighted by Crippen LogP contribution is -2.17. The minimum atomic E-state index is -1.21. The van der Waals surface area contributed by atoms with Crippen LogP contribution in [0.3, 0.4) is 0 Å². The normalized spacial score (nSPS) is 10.6. The number of aryl methyl sites for hydroxylation is 1. The maximum Gasteiger partial charge on any atom is 0.341 e. The van der Waals surface area contributed by atoms with Gasteiger partial charge in [-0.2, -0.15) is 0 Å². The number of hydrogen-bond acceptors (Lipinski definition) is 2. The van der Waals surface area contributed by atoms with Crippen LogP contribution >= 0.6 is 0 Å². The van der Waals surface area contributed by atoms with Crippen LogP contribution in [-0.2, 0) is 0 Å². The summed E-state index contributed by atoms with van der Waals surface area (Å²) in [7, 11) is 0. The van der Waals surface area contributed by atoms with Gasteiger partial charge in [0.15, 0.2) is 0 Å². The zero-order chi connectivity index (χ0) is 10.3. The van der Waals surface area contributed by atoms with E-state index >= 15 is 0 Å². The molecule has 72 valence electrons. The van der Waals surface area contributed by atoms with E-state index in [0.717, 1.165) is 5.56 Å². The summed E-state index contributed by atoms with van der Waals surface area (Å²) >= 11 is 0. The Bertz CT molecular complexity index is 565. The predicted molar refractivity (Wildman–Crippen MR) is 49.7 cm³/mol. The first kappa shape index (κ1) is 8.55. The summed E-state index contributed by atoms with van der Waals surface area (Å²) in [4.78, 5) is 22.3. The fraction of sp³-hybridized carbons (Fsp3) is 0.111. The Balaban J connectivity index is 2.93. The van der Waals surface area contributed by atoms with Crippen LogP contribution in [0.4, 0.5) is 0 Å². The number of hydrogen-bond donors (Lipinski definition) is 2. The van der Waals surface area contributed by atoms with Gasteiger partial charge in [-0.3, -0.25) is 9.31 Å². The molecule has 2 heterocycles. The minimum absolute atomic E-state index is 0.237. The number of fused-ring (bicyclic) bond motifs is 1. The predicted octanol–water partition coefficient (Wildman–Crippen LogP) is 0.634. The third kappa shape index (κ3) is 1.02. The van der Waals surface area contributed by atoms with Crippen molar-refractivity contribution in [2.24, 2.45) is 0 Å². The molecule has 14 heavy (non-hydrogen) atoms. The molecule has 0 atom stereocenters. The van der Waals surface area contributed by atoms with Crippen molar-refractivity contribution in [3.05, 3.63) is 39.8 Å². The molecule has 2 aromatic heterocycles. The number of rotatable bonds is 1. The Morgan fingerprint density at radius 1 is 1.57 bits per heavy atom. The lowest BCUT2D eigenvalue weighted by molar-refractivity contribution is 0.0695. The molecule has 2 N–H and O–H groups in total. The van der Waals surface area contributed by atoms with Crippen LogP contribution in [0.15, 0.2) is 23.3 Å². The van der Waals surface area contributed by atoms with Crippen molar-refractivity contribution in [2.75, 3.05) is 0 Å². The molecule has 0 fully saturated rings. The zero-order valence-electron chi connectivity index (χ0n) is 7.44. The number of aromatic nitrogens is 2. The Morgan fingerprint density at radius 2 is 2.29 bits per heavy atom. The molecule has 2 rings (SSSR count). The van der Waals surface area contributed by atoms with Crippen molar-refractivity contribution in [3.63, 3.8) is 0 Å². The molecule has 0 saturated heterocycles. The molecule has 5 nitrogen and oxygen atoms in total. The molecule has 0 radical (unpaired) electrons. The topological polar surface area (TPSA) is 74.6 Å². The van der Waals surface area contributed by atoms with Crippen molar-refractivity contribution >= 4 is 11.5 Å². The maximum absolute atomic E-state index is 11.6. The van der Waals surface area contributed by atoms with Gasteiger partial charge in [-0.25, -0.2) is 4.79 Å². The Hall–Kier alpha value is -2.04. The number of aromatic carboxylic acids is 1. The zero-order valence-corrected chi connectivity index (χ0v) is 7.44. The minimum Gasteiger partial charge on any atom is -0.477 e. The maximum atomic E-state index is 11.6. The third-order valence-corrected chi connectivity index (χ3v) is 2.13. The van der Waals surface area contributed by atoms with Crippen LogP contribution < -0.4 is 5.43 Å². The fourth-order valence-electron chi connectivity index (χ4n) is 1.41. The number of carboxylic acids is 1. The molecule has 0 aliphatic rings. The van der Waals surface area contributed by atoms with E-state index in [1.165, 1.54) is 10.7 Å². The Labute approximate surface area is 78.6 Å². The molecular weight excluding hydrogens is 184 g/mol. The molecule has 5 heteroatoms. The number of aromatic amines is 1. The molecule has 0 saturated carbocycles. The molecule has 0 bridgehead atoms. The van der Waals surface area contributed by atoms with Gasteiger partial charge in [0.1, 0.15) is 11.1 Å². The van der Waals surface area contributed by atoms with Gasteiger partial charge in [0.2, 0.25) is 5.43 Å². The lowest BCUT2D eigenvalue weighted by Gasteiger charge is -1.97. The number of H-pyrrole nitrogens is 1. The third-order valence-electron chi connectivity index (χ3n) is 2.13. The first-order valence-corrected chi connectivity index (χ1v) is 4.04. The van der Waals surface area contributed by atoms with Crippen LogP contribution in [0, 0.1) is 6.92 Å². The van der Waals surface area contributed by atoms with Gasteiger partial charge in [0, 0.05) is 12.4 Å². The van der Waals surface area contributed by atoms with Crippen molar-refractivity contribution in [2.45, 2.75) is 6.92 Å². The number of nitrogens with zero attached hydrogens (tertiary/aromatic N) is 1. The van der Waals surface area contributed by atoms with E-state index in [1.807, 2.05) is 0 Å². The molecule has 0 spiro atoms. The van der Waals surface area contributed by atoms with Gasteiger partial charge in [0.25, 0.3) is 0 Å². The molecular formula is C9H8N2O3. The largest absolute Gasteiger partial charge is 0.477 e. The molecule has 0 aliphatic heterocycles. The molecule has 0 aliphatic carbocycles. The highest BCUT2D eigenvalue weighted by molar-refractivity contribution is 5.88. The van der Waals surface area contributed by atoms with E-state index in [9.17, 15) is 9.59 Å². The first-order chi connectivity index (χ1) is 6.61. The van der Waals surface area contributed by atoms with Gasteiger partial charge < -0.3 is 10.2 Å². The average molecular weight is 192 g/mol. The highest BCUT2D eigenvalue weighted by Gasteiger charge is 2.12. The summed E-state index contributed by atoms with van der Waals surface area (Å²) in [5.41, 5.74) is 0.442. The average Bonchev–Trinajstić information content (AvgIpc) is 2.48. The highest BCUT2D eigenvalue weighted by Crippen LogP contribution is 2.05. The summed E-state index contributed by atoms with van der Waals surface area (Å²) in [6, 6.07) is 1.75. The quantitative estimate of drug-likeness (QED) is 0.696. The van der Waals surface area contributed by atoms with Crippen molar-refractivity contribution in [3.8, 4) is 0 Å². The Morgan fingerprint density at radius 3 is 2.93 bits per heavy atom. The standard InChI is InChI=1S/C9H8N2O3/c1-5-2-3-11-7(5)8(12)6(4-10-11)9(13)14/h2-4,10H,1H3,(H,13,14). The van der Waals surface area contributed by atoms with E-state index in [-0.39, 0.29) is 5.56 Å². The summed E-state index contributed by atoms with van der Waals surface area (Å²) in [6.45, 7) is 1.76. The smallest absolute Gasteiger partial charge is 0.341 e. The SMILES string of the molecule is Cc1ccn2[nH]cc(C(=O)O)c(=O)c12. The number of carboxylic acid groups (broad SMARTS) is 1. The second-order valence-electron chi connectivity index (χ2n) is 3.04. The van der Waals surface area contributed by atoms with Crippen LogP contribution in [0.2, 0.25) is 0 Å². The lowest BCUT2D eigenvalue weighted by atomic mass is 10.2. The molecule has 0 aromatic carbocycles. The van der Waals surface area contributed by atoms with Gasteiger partial charge in [0.05, 0.1) is 0 Å². The first-order valence-electron chi connectivity index (χ1n) is 4.04. The van der Waals surface area contributed by atoms with Gasteiger partial charge >= 0.3 is 5.97 Å². The molecule has 0 unspecified atom stereocenters. The summed E-state index contributed by atoms with van der Waals surface area (Å²) in [6.07, 6.45) is 2.87. The van der Waals surface area contributed by atoms with Crippen molar-refractivity contribution in [1.29, 1.82) is 0 Å². The Kier molecular flexibility index (Phi) is 1.67. The summed E-state index contributed by atoms with van der Waals surface area (Å²) < 4.78 is 1.50. The van der Waals surface area contributed by atoms with E-state index in [1.54, 1.807) is 19.2 Å². The summed E-state index contributed by atoms with van der Waals surface area (Å²) in [5.74, 6) is -1.21. The van der Waals surface area contributed by atoms with E-state index in [0.29, 0.717) is 5.52 Å². The molecule has 0 amide bonds. The number of nitrogens with one attached hydrogen (secondary N) is 1. The second-order valence-corrected chi connectivity index (χ2v) is 3.04. The van der Waals surface area contributed by atoms with E-state index in [4.69, 9.17) is 5.11 Å². The van der Waals surface area contributed by atoms with E-state index in [2.05, 4.69) is 5.10 Å². The van der Waals surface area contributed by atoms with Gasteiger partial charge in [-0.1, -0.05) is 0 Å². The molecule has 2 aromatic rings. The van der Waals surface area contributed by atoms with Crippen LogP contribution in [0.5, 0.6) is 0 Å². The van der Waals surface area contributed by atoms with Crippen molar-refractivity contribution in [1.82, 2.24) is 9.61 Å². The van der Waals surface area contributed by atoms with Crippen LogP contribution in [0.25, 0.3) is 5.52 Å². The second kappa shape index (κ2) is 2.73. The summed E-state index contributed by atoms with van der Waals surface area (Å²) in [5, 5.41) is 11.4. The van der Waals surface area contributed by atoms with Crippen molar-refractivity contribution < 1.29 is 9.90 Å². The fourth-order valence-corrected chi connectivity index (χ4v) is 1.41. The van der Waals surface area contributed by atoms with Gasteiger partial charge in [-0.15, -0.1) is 0 Å². The van der Waals surface area contributed by atoms with Gasteiger partial charge in [-0.05, 0) is 18.6 Å². The monoisotopic (exact) mass is 192 g/mol. The van der Waals surface area contributed by atoms with Crippen LogP contribution in [-0.4, -0.2) is 20.7 Å². The van der Waals surface area contributed by atoms with E-state index < -0.39 is 11.4 Å². The number of carbonyl (C=O) groups is 1.